The number of hydrogen-bond acceptors (Lipinski definition) is 9. The van der Waals surface area contributed by atoms with E-state index in [4.69, 9.17) is 16.3 Å². The predicted octanol–water partition coefficient (Wildman–Crippen LogP) is 3.99. The summed E-state index contributed by atoms with van der Waals surface area (Å²) in [6.07, 6.45) is 4.58. The van der Waals surface area contributed by atoms with Gasteiger partial charge >= 0.3 is 6.09 Å². The Morgan fingerprint density at radius 1 is 1.09 bits per heavy atom. The molecule has 2 aromatic heterocycles. The van der Waals surface area contributed by atoms with Crippen LogP contribution in [0.4, 0.5) is 10.6 Å². The van der Waals surface area contributed by atoms with Crippen LogP contribution in [0.1, 0.15) is 46.1 Å². The van der Waals surface area contributed by atoms with Crippen LogP contribution < -0.4 is 20.9 Å². The minimum absolute atomic E-state index is 0.492. The zero-order valence-electron chi connectivity index (χ0n) is 26.1. The number of H-pyrrole nitrogens is 1. The van der Waals surface area contributed by atoms with Crippen molar-refractivity contribution in [2.24, 2.45) is 0 Å². The van der Waals surface area contributed by atoms with Crippen molar-refractivity contribution in [3.8, 4) is 0 Å². The highest BCUT2D eigenvalue weighted by atomic mass is 35.5. The Labute approximate surface area is 260 Å². The van der Waals surface area contributed by atoms with Crippen LogP contribution in [0, 0.1) is 0 Å². The lowest BCUT2D eigenvalue weighted by Gasteiger charge is -2.39. The molecule has 4 N–H and O–H groups in total. The summed E-state index contributed by atoms with van der Waals surface area (Å²) in [7, 11) is 1.93. The van der Waals surface area contributed by atoms with Crippen molar-refractivity contribution in [3.63, 3.8) is 0 Å². The third-order valence-electron chi connectivity index (χ3n) is 7.21. The molecule has 0 atom stereocenters. The number of ether oxygens (including phenoxy) is 1. The van der Waals surface area contributed by atoms with Gasteiger partial charge in [-0.05, 0) is 71.0 Å². The van der Waals surface area contributed by atoms with Crippen LogP contribution >= 0.6 is 11.6 Å². The quantitative estimate of drug-likeness (QED) is 0.305. The van der Waals surface area contributed by atoms with Crippen molar-refractivity contribution in [3.05, 3.63) is 53.4 Å². The van der Waals surface area contributed by atoms with Crippen LogP contribution in [-0.2, 0) is 16.1 Å². The maximum Gasteiger partial charge on any atom is 0.408 e. The van der Waals surface area contributed by atoms with Gasteiger partial charge in [0.05, 0.1) is 5.39 Å². The molecule has 0 saturated carbocycles. The second-order valence-corrected chi connectivity index (χ2v) is 12.1. The summed E-state index contributed by atoms with van der Waals surface area (Å²) < 4.78 is 5.28. The van der Waals surface area contributed by atoms with Crippen molar-refractivity contribution in [2.45, 2.75) is 58.2 Å². The maximum absolute atomic E-state index is 12.1. The molecule has 0 bridgehead atoms. The number of hydrogen-bond donors (Lipinski definition) is 4. The molecule has 2 fully saturated rings. The van der Waals surface area contributed by atoms with E-state index in [1.165, 1.54) is 44.6 Å². The first kappa shape index (κ1) is 34.2. The molecule has 5 rings (SSSR count). The van der Waals surface area contributed by atoms with Crippen LogP contribution in [0.25, 0.3) is 11.0 Å². The largest absolute Gasteiger partial charge is 0.444 e. The highest BCUT2D eigenvalue weighted by Crippen LogP contribution is 2.28. The van der Waals surface area contributed by atoms with Gasteiger partial charge in [-0.15, -0.1) is 0 Å². The normalized spacial score (nSPS) is 16.7. The van der Waals surface area contributed by atoms with E-state index in [0.717, 1.165) is 34.7 Å². The second kappa shape index (κ2) is 16.6. The number of benzene rings is 1. The van der Waals surface area contributed by atoms with E-state index in [9.17, 15) is 9.59 Å². The minimum Gasteiger partial charge on any atom is -0.444 e. The van der Waals surface area contributed by atoms with Crippen LogP contribution in [0.2, 0.25) is 5.02 Å². The number of aromatic nitrogens is 3. The summed E-state index contributed by atoms with van der Waals surface area (Å²) in [5.41, 5.74) is 0.537. The average Bonchev–Trinajstić information content (AvgIpc) is 3.48. The molecule has 3 aromatic rings. The Morgan fingerprint density at radius 3 is 2.33 bits per heavy atom. The van der Waals surface area contributed by atoms with Crippen molar-refractivity contribution in [2.75, 3.05) is 57.8 Å². The number of rotatable bonds is 6. The molecule has 0 aliphatic carbocycles. The fourth-order valence-electron chi connectivity index (χ4n) is 4.84. The molecule has 1 amide bonds. The van der Waals surface area contributed by atoms with E-state index in [1.807, 2.05) is 43.6 Å². The van der Waals surface area contributed by atoms with Crippen molar-refractivity contribution in [1.82, 2.24) is 35.8 Å². The average molecular weight is 615 g/mol. The molecule has 0 radical (unpaired) electrons. The summed E-state index contributed by atoms with van der Waals surface area (Å²) >= 11 is 5.69. The van der Waals surface area contributed by atoms with E-state index in [2.05, 4.69) is 47.6 Å². The highest BCUT2D eigenvalue weighted by molar-refractivity contribution is 6.30. The summed E-state index contributed by atoms with van der Waals surface area (Å²) in [6.45, 7) is 15.7. The van der Waals surface area contributed by atoms with Crippen molar-refractivity contribution in [1.29, 1.82) is 0 Å². The molecule has 11 nitrogen and oxygen atoms in total. The molecule has 0 unspecified atom stereocenters. The Bertz CT molecular complexity index is 1260. The monoisotopic (exact) mass is 614 g/mol. The third-order valence-corrected chi connectivity index (χ3v) is 7.47. The molecule has 0 spiro atoms. The summed E-state index contributed by atoms with van der Waals surface area (Å²) in [5.74, 6) is 0.836. The Morgan fingerprint density at radius 2 is 1.77 bits per heavy atom. The first-order valence-corrected chi connectivity index (χ1v) is 15.3. The molecule has 43 heavy (non-hydrogen) atoms. The lowest BCUT2D eigenvalue weighted by Crippen LogP contribution is -2.57. The summed E-state index contributed by atoms with van der Waals surface area (Å²) in [5, 5.41) is 10.9. The van der Waals surface area contributed by atoms with E-state index < -0.39 is 17.2 Å². The SMILES string of the molecule is CC(C)(C)OC(=O)NC1(C=O)CCN(c2ncnc3[nH]ccc23)CC1.CCN1CCNCC1.CNCc1ccc(Cl)cc1. The Kier molecular flexibility index (Phi) is 13.2. The van der Waals surface area contributed by atoms with Crippen molar-refractivity contribution < 1.29 is 14.3 Å². The van der Waals surface area contributed by atoms with Gasteiger partial charge in [0.2, 0.25) is 0 Å². The van der Waals surface area contributed by atoms with Gasteiger partial charge < -0.3 is 40.3 Å². The zero-order valence-corrected chi connectivity index (χ0v) is 26.8. The van der Waals surface area contributed by atoms with Crippen LogP contribution in [0.5, 0.6) is 0 Å². The van der Waals surface area contributed by atoms with Gasteiger partial charge in [-0.2, -0.15) is 0 Å². The van der Waals surface area contributed by atoms with E-state index in [1.54, 1.807) is 20.8 Å². The number of nitrogens with one attached hydrogen (secondary N) is 4. The Hall–Kier alpha value is -3.25. The van der Waals surface area contributed by atoms with Crippen LogP contribution in [0.3, 0.4) is 0 Å². The number of carbonyl (C=O) groups excluding carboxylic acids is 2. The summed E-state index contributed by atoms with van der Waals surface area (Å²) in [4.78, 5) is 39.9. The first-order valence-electron chi connectivity index (χ1n) is 14.9. The van der Waals surface area contributed by atoms with Gasteiger partial charge in [0.25, 0.3) is 0 Å². The predicted molar refractivity (Wildman–Crippen MR) is 173 cm³/mol. The van der Waals surface area contributed by atoms with Gasteiger partial charge in [-0.3, -0.25) is 0 Å². The molecular weight excluding hydrogens is 568 g/mol. The summed E-state index contributed by atoms with van der Waals surface area (Å²) in [6, 6.07) is 9.76. The smallest absolute Gasteiger partial charge is 0.408 e. The van der Waals surface area contributed by atoms with Crippen molar-refractivity contribution >= 4 is 40.8 Å². The number of aromatic amines is 1. The maximum atomic E-state index is 12.1. The molecule has 236 valence electrons. The number of alkyl carbamates (subject to hydrolysis) is 1. The van der Waals surface area contributed by atoms with Gasteiger partial charge in [-0.25, -0.2) is 14.8 Å². The first-order chi connectivity index (χ1) is 20.6. The molecule has 2 aliphatic heterocycles. The molecular formula is C31H47ClN8O3. The Balaban J connectivity index is 0.000000229. The number of fused-ring (bicyclic) bond motifs is 1. The standard InChI is InChI=1S/C17H23N5O3.C8H10ClN.C6H14N2/c1-16(2,3)25-15(24)21-17(10-23)5-8-22(9-6-17)14-12-4-7-18-13(12)19-11-20-14;1-10-6-7-2-4-8(9)5-3-7;1-2-8-5-3-7-4-6-8/h4,7,10-11H,5-6,8-9H2,1-3H3,(H,21,24)(H,18,19,20);2-5,10H,6H2,1H3;7H,2-6H2,1H3. The number of likely N-dealkylation sites (N-methyl/N-ethyl adjacent to an activating group) is 1. The fraction of sp³-hybridized carbons (Fsp3) is 0.548. The van der Waals surface area contributed by atoms with Gasteiger partial charge in [0.15, 0.2) is 0 Å². The van der Waals surface area contributed by atoms with E-state index in [-0.39, 0.29) is 0 Å². The number of piperidine rings is 1. The highest BCUT2D eigenvalue weighted by Gasteiger charge is 2.37. The molecule has 12 heteroatoms. The number of amides is 1. The fourth-order valence-corrected chi connectivity index (χ4v) is 4.97. The molecule has 1 aromatic carbocycles. The van der Waals surface area contributed by atoms with Gasteiger partial charge in [0, 0.05) is 57.0 Å². The second-order valence-electron chi connectivity index (χ2n) is 11.7. The minimum atomic E-state index is -0.900. The number of aldehydes is 1. The lowest BCUT2D eigenvalue weighted by atomic mass is 9.89. The van der Waals surface area contributed by atoms with Crippen LogP contribution in [-0.4, -0.2) is 96.2 Å². The lowest BCUT2D eigenvalue weighted by molar-refractivity contribution is -0.114. The molecule has 2 aliphatic rings. The topological polar surface area (TPSA) is 128 Å². The van der Waals surface area contributed by atoms with Crippen LogP contribution in [0.15, 0.2) is 42.9 Å². The van der Waals surface area contributed by atoms with Gasteiger partial charge in [-0.1, -0.05) is 30.7 Å². The number of piperazine rings is 1. The van der Waals surface area contributed by atoms with E-state index in [0.29, 0.717) is 25.9 Å². The van der Waals surface area contributed by atoms with Gasteiger partial charge in [0.1, 0.15) is 35.2 Å². The molecule has 4 heterocycles. The number of halogens is 1. The number of anilines is 1. The number of nitrogens with zero attached hydrogens (tertiary/aromatic N) is 4. The third kappa shape index (κ3) is 11.1. The van der Waals surface area contributed by atoms with E-state index >= 15 is 0 Å². The molecule has 2 saturated heterocycles. The zero-order chi connectivity index (χ0) is 31.3. The number of carbonyl (C=O) groups is 2.